The highest BCUT2D eigenvalue weighted by atomic mass is 19.1. The molecule has 0 aliphatic carbocycles. The van der Waals surface area contributed by atoms with Crippen LogP contribution in [0, 0.1) is 23.0 Å². The van der Waals surface area contributed by atoms with Crippen LogP contribution in [0.25, 0.3) is 0 Å². The Morgan fingerprint density at radius 1 is 1.18 bits per heavy atom. The van der Waals surface area contributed by atoms with E-state index in [2.05, 4.69) is 26.3 Å². The Hall–Kier alpha value is -4.10. The van der Waals surface area contributed by atoms with Gasteiger partial charge in [-0.1, -0.05) is 0 Å². The summed E-state index contributed by atoms with van der Waals surface area (Å²) in [5.74, 6) is -1.57. The zero-order valence-corrected chi connectivity index (χ0v) is 18.5. The number of rotatable bonds is 6. The Balaban J connectivity index is 1.49. The number of hydrogen-bond acceptors (Lipinski definition) is 7. The number of aromatic nitrogens is 2. The van der Waals surface area contributed by atoms with Crippen molar-refractivity contribution < 1.29 is 18.3 Å². The van der Waals surface area contributed by atoms with Crippen LogP contribution in [0.4, 0.5) is 20.2 Å². The van der Waals surface area contributed by atoms with Crippen molar-refractivity contribution in [3.05, 3.63) is 77.2 Å². The summed E-state index contributed by atoms with van der Waals surface area (Å²) in [4.78, 5) is 25.0. The molecule has 0 unspecified atom stereocenters. The van der Waals surface area contributed by atoms with E-state index >= 15 is 0 Å². The second-order valence-electron chi connectivity index (χ2n) is 7.70. The lowest BCUT2D eigenvalue weighted by molar-refractivity contribution is 0.102. The van der Waals surface area contributed by atoms with Crippen LogP contribution in [0.1, 0.15) is 21.6 Å². The van der Waals surface area contributed by atoms with Crippen molar-refractivity contribution >= 4 is 17.3 Å². The maximum atomic E-state index is 14.0. The fraction of sp³-hybridized carbons (Fsp3) is 0.250. The number of carbonyl (C=O) groups excluding carboxylic acids is 1. The summed E-state index contributed by atoms with van der Waals surface area (Å²) in [6, 6.07) is 11.3. The SMILES string of the molecule is COc1ncccc1C(=O)Nc1cc(C#N)ccc1N1CCN(Cc2ncc(F)cc2F)CC1. The number of ether oxygens (including phenoxy) is 1. The third-order valence-corrected chi connectivity index (χ3v) is 5.55. The van der Waals surface area contributed by atoms with Gasteiger partial charge in [-0.05, 0) is 30.3 Å². The van der Waals surface area contributed by atoms with Gasteiger partial charge < -0.3 is 15.0 Å². The number of carbonyl (C=O) groups is 1. The summed E-state index contributed by atoms with van der Waals surface area (Å²) >= 11 is 0. The van der Waals surface area contributed by atoms with Gasteiger partial charge in [0.15, 0.2) is 0 Å². The standard InChI is InChI=1S/C24H22F2N6O2/c1-34-24-18(3-2-6-28-24)23(33)30-20-11-16(13-27)4-5-22(20)32-9-7-31(8-10-32)15-21-19(26)12-17(25)14-29-21/h2-6,11-12,14H,7-10,15H2,1H3,(H,30,33). The van der Waals surface area contributed by atoms with E-state index in [1.54, 1.807) is 30.3 Å². The van der Waals surface area contributed by atoms with Crippen LogP contribution >= 0.6 is 0 Å². The van der Waals surface area contributed by atoms with Gasteiger partial charge in [0.1, 0.15) is 17.2 Å². The van der Waals surface area contributed by atoms with Crippen LogP contribution < -0.4 is 15.0 Å². The first-order chi connectivity index (χ1) is 16.5. The van der Waals surface area contributed by atoms with Crippen molar-refractivity contribution in [3.63, 3.8) is 0 Å². The molecule has 0 radical (unpaired) electrons. The van der Waals surface area contributed by atoms with E-state index in [-0.39, 0.29) is 23.7 Å². The molecule has 3 aromatic rings. The van der Waals surface area contributed by atoms with Gasteiger partial charge in [0.05, 0.1) is 42.0 Å². The number of anilines is 2. The molecule has 1 N–H and O–H groups in total. The first-order valence-corrected chi connectivity index (χ1v) is 10.6. The summed E-state index contributed by atoms with van der Waals surface area (Å²) in [6.07, 6.45) is 2.54. The molecule has 0 saturated carbocycles. The van der Waals surface area contributed by atoms with Crippen molar-refractivity contribution in [2.45, 2.75) is 6.54 Å². The molecular formula is C24H22F2N6O2. The highest BCUT2D eigenvalue weighted by Gasteiger charge is 2.23. The molecular weight excluding hydrogens is 442 g/mol. The van der Waals surface area contributed by atoms with Crippen LogP contribution in [-0.2, 0) is 6.54 Å². The minimum absolute atomic E-state index is 0.201. The largest absolute Gasteiger partial charge is 0.480 e. The molecule has 1 amide bonds. The molecule has 0 atom stereocenters. The van der Waals surface area contributed by atoms with Crippen LogP contribution in [0.5, 0.6) is 5.88 Å². The van der Waals surface area contributed by atoms with E-state index in [0.29, 0.717) is 37.4 Å². The van der Waals surface area contributed by atoms with Crippen molar-refractivity contribution in [3.8, 4) is 11.9 Å². The van der Waals surface area contributed by atoms with Crippen molar-refractivity contribution in [2.24, 2.45) is 0 Å². The summed E-state index contributed by atoms with van der Waals surface area (Å²) in [5, 5.41) is 12.2. The normalized spacial score (nSPS) is 13.9. The molecule has 1 saturated heterocycles. The third kappa shape index (κ3) is 5.10. The van der Waals surface area contributed by atoms with Crippen LogP contribution in [0.15, 0.2) is 48.8 Å². The molecule has 174 valence electrons. The van der Waals surface area contributed by atoms with Gasteiger partial charge in [0.25, 0.3) is 5.91 Å². The lowest BCUT2D eigenvalue weighted by Gasteiger charge is -2.36. The number of halogens is 2. The molecule has 8 nitrogen and oxygen atoms in total. The van der Waals surface area contributed by atoms with E-state index in [4.69, 9.17) is 4.74 Å². The Labute approximate surface area is 195 Å². The lowest BCUT2D eigenvalue weighted by Crippen LogP contribution is -2.46. The number of amides is 1. The highest BCUT2D eigenvalue weighted by molar-refractivity contribution is 6.07. The maximum Gasteiger partial charge on any atom is 0.261 e. The van der Waals surface area contributed by atoms with Gasteiger partial charge in [0.2, 0.25) is 5.88 Å². The Morgan fingerprint density at radius 3 is 2.68 bits per heavy atom. The molecule has 1 aliphatic rings. The second kappa shape index (κ2) is 10.2. The monoisotopic (exact) mass is 464 g/mol. The van der Waals surface area contributed by atoms with Gasteiger partial charge in [-0.15, -0.1) is 0 Å². The number of piperazine rings is 1. The minimum Gasteiger partial charge on any atom is -0.480 e. The van der Waals surface area contributed by atoms with E-state index < -0.39 is 17.5 Å². The maximum absolute atomic E-state index is 14.0. The molecule has 1 aromatic carbocycles. The Bertz CT molecular complexity index is 1240. The number of pyridine rings is 2. The topological polar surface area (TPSA) is 94.4 Å². The number of hydrogen-bond donors (Lipinski definition) is 1. The van der Waals surface area contributed by atoms with Gasteiger partial charge in [-0.25, -0.2) is 13.8 Å². The fourth-order valence-electron chi connectivity index (χ4n) is 3.82. The third-order valence-electron chi connectivity index (χ3n) is 5.55. The number of nitrogens with one attached hydrogen (secondary N) is 1. The molecule has 1 aliphatic heterocycles. The number of nitriles is 1. The molecule has 34 heavy (non-hydrogen) atoms. The van der Waals surface area contributed by atoms with Gasteiger partial charge in [-0.2, -0.15) is 5.26 Å². The van der Waals surface area contributed by atoms with Gasteiger partial charge >= 0.3 is 0 Å². The van der Waals surface area contributed by atoms with Crippen LogP contribution in [-0.4, -0.2) is 54.1 Å². The first-order valence-electron chi connectivity index (χ1n) is 10.6. The van der Waals surface area contributed by atoms with Crippen LogP contribution in [0.3, 0.4) is 0 Å². The molecule has 0 spiro atoms. The number of nitrogens with zero attached hydrogens (tertiary/aromatic N) is 5. The van der Waals surface area contributed by atoms with Crippen molar-refractivity contribution in [2.75, 3.05) is 43.5 Å². The van der Waals surface area contributed by atoms with Crippen LogP contribution in [0.2, 0.25) is 0 Å². The Kier molecular flexibility index (Phi) is 6.94. The van der Waals surface area contributed by atoms with Gasteiger partial charge in [0, 0.05) is 45.0 Å². The molecule has 3 heterocycles. The second-order valence-corrected chi connectivity index (χ2v) is 7.70. The Morgan fingerprint density at radius 2 is 1.97 bits per heavy atom. The van der Waals surface area contributed by atoms with E-state index in [0.717, 1.165) is 18.0 Å². The molecule has 0 bridgehead atoms. The summed E-state index contributed by atoms with van der Waals surface area (Å²) in [6.45, 7) is 2.71. The van der Waals surface area contributed by atoms with E-state index in [9.17, 15) is 18.8 Å². The molecule has 4 rings (SSSR count). The summed E-state index contributed by atoms with van der Waals surface area (Å²) < 4.78 is 32.3. The molecule has 10 heteroatoms. The lowest BCUT2D eigenvalue weighted by atomic mass is 10.1. The fourth-order valence-corrected chi connectivity index (χ4v) is 3.82. The quantitative estimate of drug-likeness (QED) is 0.599. The number of methoxy groups -OCH3 is 1. The molecule has 2 aromatic heterocycles. The van der Waals surface area contributed by atoms with E-state index in [1.807, 2.05) is 4.90 Å². The smallest absolute Gasteiger partial charge is 0.261 e. The average Bonchev–Trinajstić information content (AvgIpc) is 2.86. The zero-order valence-electron chi connectivity index (χ0n) is 18.5. The highest BCUT2D eigenvalue weighted by Crippen LogP contribution is 2.29. The predicted molar refractivity (Wildman–Crippen MR) is 122 cm³/mol. The number of benzene rings is 1. The summed E-state index contributed by atoms with van der Waals surface area (Å²) in [5.41, 5.74) is 2.15. The van der Waals surface area contributed by atoms with E-state index in [1.165, 1.54) is 13.3 Å². The zero-order chi connectivity index (χ0) is 24.1. The van der Waals surface area contributed by atoms with Crippen molar-refractivity contribution in [1.29, 1.82) is 5.26 Å². The molecule has 1 fully saturated rings. The average molecular weight is 464 g/mol. The minimum atomic E-state index is -0.703. The van der Waals surface area contributed by atoms with Crippen molar-refractivity contribution in [1.82, 2.24) is 14.9 Å². The summed E-state index contributed by atoms with van der Waals surface area (Å²) in [7, 11) is 1.44. The first kappa shape index (κ1) is 23.1. The predicted octanol–water partition coefficient (Wildman–Crippen LogP) is 3.21. The van der Waals surface area contributed by atoms with Gasteiger partial charge in [-0.3, -0.25) is 14.7 Å².